The van der Waals surface area contributed by atoms with Crippen LogP contribution >= 0.6 is 11.8 Å². The first-order chi connectivity index (χ1) is 5.50. The number of likely N-dealkylation sites (N-methyl/N-ethyl adjacent to an activating group) is 1. The molecule has 0 bridgehead atoms. The molecule has 1 heterocycles. The van der Waals surface area contributed by atoms with Crippen molar-refractivity contribution in [3.63, 3.8) is 0 Å². The van der Waals surface area contributed by atoms with E-state index >= 15 is 0 Å². The average molecular weight is 184 g/mol. The monoisotopic (exact) mass is 184 g/mol. The van der Waals surface area contributed by atoms with E-state index in [1.807, 2.05) is 0 Å². The van der Waals surface area contributed by atoms with E-state index in [-0.39, 0.29) is 5.54 Å². The topological polar surface area (TPSA) is 15.6 Å². The molecule has 0 aromatic rings. The molecule has 1 aliphatic rings. The van der Waals surface area contributed by atoms with Crippen LogP contribution in [0.1, 0.15) is 20.8 Å². The second-order valence-electron chi connectivity index (χ2n) is 3.40. The lowest BCUT2D eigenvalue weighted by molar-refractivity contribution is 0.330. The standard InChI is InChI=1S/C9H16N2S/c1-6-10-8-11(5)9(3,4)7(2)12-8/h2,6H2,1,3-5H3. The van der Waals surface area contributed by atoms with Gasteiger partial charge in [-0.05, 0) is 20.8 Å². The Morgan fingerprint density at radius 1 is 1.58 bits per heavy atom. The summed E-state index contributed by atoms with van der Waals surface area (Å²) in [5.41, 5.74) is 0.0542. The largest absolute Gasteiger partial charge is 0.345 e. The number of nitrogens with zero attached hydrogens (tertiary/aromatic N) is 2. The summed E-state index contributed by atoms with van der Waals surface area (Å²) in [5, 5.41) is 1.09. The summed E-state index contributed by atoms with van der Waals surface area (Å²) in [6.45, 7) is 11.3. The highest BCUT2D eigenvalue weighted by atomic mass is 32.2. The van der Waals surface area contributed by atoms with E-state index in [4.69, 9.17) is 0 Å². The predicted molar refractivity (Wildman–Crippen MR) is 56.5 cm³/mol. The minimum atomic E-state index is 0.0542. The average Bonchev–Trinajstić information content (AvgIpc) is 2.17. The van der Waals surface area contributed by atoms with Gasteiger partial charge in [-0.1, -0.05) is 18.3 Å². The lowest BCUT2D eigenvalue weighted by Crippen LogP contribution is -2.38. The molecule has 0 radical (unpaired) electrons. The molecule has 0 N–H and O–H groups in total. The first kappa shape index (κ1) is 9.65. The third-order valence-electron chi connectivity index (χ3n) is 2.32. The highest BCUT2D eigenvalue weighted by Gasteiger charge is 2.37. The van der Waals surface area contributed by atoms with Crippen molar-refractivity contribution in [1.82, 2.24) is 4.90 Å². The summed E-state index contributed by atoms with van der Waals surface area (Å²) in [4.78, 5) is 7.76. The minimum Gasteiger partial charge on any atom is -0.345 e. The van der Waals surface area contributed by atoms with Crippen LogP contribution in [0.3, 0.4) is 0 Å². The normalized spacial score (nSPS) is 25.5. The van der Waals surface area contributed by atoms with Crippen molar-refractivity contribution in [2.75, 3.05) is 13.6 Å². The number of hydrogen-bond donors (Lipinski definition) is 0. The molecule has 0 atom stereocenters. The molecule has 1 aliphatic heterocycles. The van der Waals surface area contributed by atoms with Gasteiger partial charge in [-0.15, -0.1) is 0 Å². The van der Waals surface area contributed by atoms with Crippen molar-refractivity contribution >= 4 is 16.9 Å². The smallest absolute Gasteiger partial charge is 0.164 e. The van der Waals surface area contributed by atoms with E-state index < -0.39 is 0 Å². The molecular weight excluding hydrogens is 168 g/mol. The molecule has 1 fully saturated rings. The lowest BCUT2D eigenvalue weighted by Gasteiger charge is -2.28. The van der Waals surface area contributed by atoms with Gasteiger partial charge < -0.3 is 4.90 Å². The molecule has 0 amide bonds. The van der Waals surface area contributed by atoms with E-state index in [2.05, 4.69) is 44.3 Å². The van der Waals surface area contributed by atoms with Gasteiger partial charge in [-0.3, -0.25) is 4.99 Å². The van der Waals surface area contributed by atoms with Crippen molar-refractivity contribution in [3.8, 4) is 0 Å². The van der Waals surface area contributed by atoms with Crippen LogP contribution in [0.4, 0.5) is 0 Å². The molecule has 0 aliphatic carbocycles. The van der Waals surface area contributed by atoms with Crippen LogP contribution in [0.25, 0.3) is 0 Å². The third kappa shape index (κ3) is 1.38. The van der Waals surface area contributed by atoms with Gasteiger partial charge in [-0.25, -0.2) is 0 Å². The van der Waals surface area contributed by atoms with Crippen LogP contribution in [0.5, 0.6) is 0 Å². The fourth-order valence-corrected chi connectivity index (χ4v) is 2.17. The Hall–Kier alpha value is -0.440. The molecular formula is C9H16N2S. The number of rotatable bonds is 1. The zero-order chi connectivity index (χ0) is 9.35. The van der Waals surface area contributed by atoms with Gasteiger partial charge in [0.1, 0.15) is 0 Å². The maximum Gasteiger partial charge on any atom is 0.164 e. The van der Waals surface area contributed by atoms with Crippen molar-refractivity contribution in [3.05, 3.63) is 11.5 Å². The third-order valence-corrected chi connectivity index (χ3v) is 3.65. The van der Waals surface area contributed by atoms with Gasteiger partial charge in [0.25, 0.3) is 0 Å². The Morgan fingerprint density at radius 2 is 2.17 bits per heavy atom. The first-order valence-electron chi connectivity index (χ1n) is 4.15. The summed E-state index contributed by atoms with van der Waals surface area (Å²) in [6.07, 6.45) is 0. The molecule has 0 aromatic heterocycles. The lowest BCUT2D eigenvalue weighted by atomic mass is 10.1. The summed E-state index contributed by atoms with van der Waals surface area (Å²) in [7, 11) is 2.07. The molecule has 0 unspecified atom stereocenters. The Balaban J connectivity index is 2.91. The maximum atomic E-state index is 4.40. The zero-order valence-corrected chi connectivity index (χ0v) is 9.03. The summed E-state index contributed by atoms with van der Waals surface area (Å²) < 4.78 is 0. The zero-order valence-electron chi connectivity index (χ0n) is 8.22. The molecule has 2 nitrogen and oxygen atoms in total. The van der Waals surface area contributed by atoms with Crippen LogP contribution in [0, 0.1) is 0 Å². The van der Waals surface area contributed by atoms with Gasteiger partial charge in [0, 0.05) is 18.5 Å². The summed E-state index contributed by atoms with van der Waals surface area (Å²) >= 11 is 1.69. The number of thioether (sulfide) groups is 1. The van der Waals surface area contributed by atoms with E-state index in [1.165, 1.54) is 4.91 Å². The molecule has 3 heteroatoms. The quantitative estimate of drug-likeness (QED) is 0.621. The maximum absolute atomic E-state index is 4.40. The van der Waals surface area contributed by atoms with Gasteiger partial charge in [0.2, 0.25) is 0 Å². The highest BCUT2D eigenvalue weighted by Crippen LogP contribution is 2.40. The first-order valence-corrected chi connectivity index (χ1v) is 4.97. The van der Waals surface area contributed by atoms with Crippen molar-refractivity contribution in [2.24, 2.45) is 4.99 Å². The Morgan fingerprint density at radius 3 is 2.50 bits per heavy atom. The molecule has 0 saturated carbocycles. The predicted octanol–water partition coefficient (Wildman–Crippen LogP) is 2.33. The summed E-state index contributed by atoms with van der Waals surface area (Å²) in [6, 6.07) is 0. The van der Waals surface area contributed by atoms with Crippen LogP contribution < -0.4 is 0 Å². The molecule has 12 heavy (non-hydrogen) atoms. The molecule has 1 rings (SSSR count). The number of aliphatic imine (C=N–C) groups is 1. The Labute approximate surface area is 78.7 Å². The van der Waals surface area contributed by atoms with E-state index in [9.17, 15) is 0 Å². The fraction of sp³-hybridized carbons (Fsp3) is 0.667. The van der Waals surface area contributed by atoms with Gasteiger partial charge >= 0.3 is 0 Å². The Kier molecular flexibility index (Phi) is 2.52. The van der Waals surface area contributed by atoms with Crippen LogP contribution in [0.15, 0.2) is 16.5 Å². The second kappa shape index (κ2) is 3.13. The number of hydrogen-bond acceptors (Lipinski definition) is 2. The highest BCUT2D eigenvalue weighted by molar-refractivity contribution is 8.17. The molecule has 0 aromatic carbocycles. The van der Waals surface area contributed by atoms with Crippen LogP contribution in [0.2, 0.25) is 0 Å². The minimum absolute atomic E-state index is 0.0542. The second-order valence-corrected chi connectivity index (χ2v) is 4.46. The SMILES string of the molecule is C=C1SC(=NCC)N(C)C1(C)C. The van der Waals surface area contributed by atoms with Gasteiger partial charge in [-0.2, -0.15) is 0 Å². The van der Waals surface area contributed by atoms with Gasteiger partial charge in [0.15, 0.2) is 5.17 Å². The van der Waals surface area contributed by atoms with Crippen molar-refractivity contribution in [2.45, 2.75) is 26.3 Å². The fourth-order valence-electron chi connectivity index (χ4n) is 1.00. The number of amidine groups is 1. The van der Waals surface area contributed by atoms with E-state index in [0.29, 0.717) is 0 Å². The van der Waals surface area contributed by atoms with Crippen LogP contribution in [-0.4, -0.2) is 29.2 Å². The van der Waals surface area contributed by atoms with E-state index in [1.54, 1.807) is 11.8 Å². The molecule has 68 valence electrons. The van der Waals surface area contributed by atoms with Crippen molar-refractivity contribution in [1.29, 1.82) is 0 Å². The van der Waals surface area contributed by atoms with Crippen molar-refractivity contribution < 1.29 is 0 Å². The van der Waals surface area contributed by atoms with Crippen LogP contribution in [-0.2, 0) is 0 Å². The Bertz CT molecular complexity index is 231. The van der Waals surface area contributed by atoms with Gasteiger partial charge in [0.05, 0.1) is 5.54 Å². The molecule has 1 saturated heterocycles. The summed E-state index contributed by atoms with van der Waals surface area (Å²) in [5.74, 6) is 0. The molecule has 0 spiro atoms. The van der Waals surface area contributed by atoms with E-state index in [0.717, 1.165) is 11.7 Å².